The highest BCUT2D eigenvalue weighted by Crippen LogP contribution is 2.23. The van der Waals surface area contributed by atoms with Crippen molar-refractivity contribution in [3.8, 4) is 0 Å². The second-order valence-corrected chi connectivity index (χ2v) is 8.70. The highest BCUT2D eigenvalue weighted by atomic mass is 35.5. The van der Waals surface area contributed by atoms with E-state index in [1.807, 2.05) is 12.1 Å². The number of carbonyl (C=O) groups is 1. The summed E-state index contributed by atoms with van der Waals surface area (Å²) in [5.41, 5.74) is 1.36. The Morgan fingerprint density at radius 2 is 1.96 bits per heavy atom. The zero-order valence-electron chi connectivity index (χ0n) is 13.6. The van der Waals surface area contributed by atoms with Crippen molar-refractivity contribution >= 4 is 38.4 Å². The number of H-pyrrole nitrogens is 1. The fraction of sp³-hybridized carbons (Fsp3) is 0.438. The van der Waals surface area contributed by atoms with Crippen molar-refractivity contribution in [1.82, 2.24) is 14.2 Å². The number of amides is 1. The van der Waals surface area contributed by atoms with Crippen LogP contribution in [0.1, 0.15) is 23.3 Å². The van der Waals surface area contributed by atoms with E-state index in [9.17, 15) is 13.2 Å². The molecule has 0 atom stereocenters. The summed E-state index contributed by atoms with van der Waals surface area (Å²) in [4.78, 5) is 17.5. The first kappa shape index (κ1) is 17.3. The topological polar surface area (TPSA) is 73.5 Å². The van der Waals surface area contributed by atoms with E-state index in [4.69, 9.17) is 11.6 Å². The first-order valence-corrected chi connectivity index (χ1v) is 9.99. The van der Waals surface area contributed by atoms with Crippen LogP contribution in [0.15, 0.2) is 24.3 Å². The van der Waals surface area contributed by atoms with E-state index in [2.05, 4.69) is 4.98 Å². The minimum Gasteiger partial charge on any atom is -0.350 e. The molecular formula is C16H20ClN3O3S. The van der Waals surface area contributed by atoms with Crippen LogP contribution < -0.4 is 0 Å². The molecule has 2 aromatic rings. The van der Waals surface area contributed by atoms with Crippen molar-refractivity contribution < 1.29 is 13.2 Å². The van der Waals surface area contributed by atoms with Gasteiger partial charge in [0.05, 0.1) is 6.26 Å². The molecule has 0 radical (unpaired) electrons. The SMILES string of the molecule is CN(C1CCN(C(=O)c2cc3ccc(Cl)cc3[nH]2)CC1)S(C)(=O)=O. The molecule has 1 N–H and O–H groups in total. The van der Waals surface area contributed by atoms with Crippen LogP contribution in [0.25, 0.3) is 10.9 Å². The third-order valence-electron chi connectivity index (χ3n) is 4.60. The fourth-order valence-electron chi connectivity index (χ4n) is 3.09. The van der Waals surface area contributed by atoms with Crippen molar-refractivity contribution in [3.05, 3.63) is 35.0 Å². The Labute approximate surface area is 146 Å². The van der Waals surface area contributed by atoms with Gasteiger partial charge < -0.3 is 9.88 Å². The molecule has 1 aromatic heterocycles. The number of fused-ring (bicyclic) bond motifs is 1. The molecular weight excluding hydrogens is 350 g/mol. The summed E-state index contributed by atoms with van der Waals surface area (Å²) in [7, 11) is -1.61. The third-order valence-corrected chi connectivity index (χ3v) is 6.18. The monoisotopic (exact) mass is 369 g/mol. The van der Waals surface area contributed by atoms with Gasteiger partial charge in [0.15, 0.2) is 0 Å². The molecule has 3 rings (SSSR count). The lowest BCUT2D eigenvalue weighted by atomic mass is 10.1. The van der Waals surface area contributed by atoms with Gasteiger partial charge in [-0.1, -0.05) is 17.7 Å². The van der Waals surface area contributed by atoms with E-state index in [0.717, 1.165) is 10.9 Å². The zero-order valence-corrected chi connectivity index (χ0v) is 15.2. The smallest absolute Gasteiger partial charge is 0.270 e. The highest BCUT2D eigenvalue weighted by molar-refractivity contribution is 7.88. The Balaban J connectivity index is 1.70. The summed E-state index contributed by atoms with van der Waals surface area (Å²) in [6, 6.07) is 7.23. The number of aromatic nitrogens is 1. The van der Waals surface area contributed by atoms with Crippen LogP contribution in [0.3, 0.4) is 0 Å². The lowest BCUT2D eigenvalue weighted by Gasteiger charge is -2.35. The maximum absolute atomic E-state index is 12.7. The summed E-state index contributed by atoms with van der Waals surface area (Å²) >= 11 is 5.97. The zero-order chi connectivity index (χ0) is 17.5. The number of likely N-dealkylation sites (tertiary alicyclic amines) is 1. The van der Waals surface area contributed by atoms with E-state index in [1.165, 1.54) is 10.6 Å². The number of piperidine rings is 1. The van der Waals surface area contributed by atoms with E-state index in [-0.39, 0.29) is 11.9 Å². The van der Waals surface area contributed by atoms with Gasteiger partial charge in [0.1, 0.15) is 5.69 Å². The molecule has 1 fully saturated rings. The van der Waals surface area contributed by atoms with Gasteiger partial charge in [-0.15, -0.1) is 0 Å². The molecule has 1 aliphatic heterocycles. The molecule has 0 unspecified atom stereocenters. The molecule has 6 nitrogen and oxygen atoms in total. The van der Waals surface area contributed by atoms with Gasteiger partial charge >= 0.3 is 0 Å². The number of nitrogens with one attached hydrogen (secondary N) is 1. The summed E-state index contributed by atoms with van der Waals surface area (Å²) in [5.74, 6) is -0.0669. The van der Waals surface area contributed by atoms with Gasteiger partial charge in [0.25, 0.3) is 5.91 Å². The van der Waals surface area contributed by atoms with Gasteiger partial charge in [-0.05, 0) is 31.0 Å². The number of carbonyl (C=O) groups excluding carboxylic acids is 1. The lowest BCUT2D eigenvalue weighted by Crippen LogP contribution is -2.47. The summed E-state index contributed by atoms with van der Waals surface area (Å²) in [6.07, 6.45) is 2.49. The Hall–Kier alpha value is -1.57. The molecule has 0 spiro atoms. The maximum atomic E-state index is 12.7. The van der Waals surface area contributed by atoms with Crippen molar-refractivity contribution in [3.63, 3.8) is 0 Å². The summed E-state index contributed by atoms with van der Waals surface area (Å²) < 4.78 is 24.7. The number of aromatic amines is 1. The van der Waals surface area contributed by atoms with Crippen LogP contribution in [-0.4, -0.2) is 60.9 Å². The van der Waals surface area contributed by atoms with Crippen LogP contribution in [0.5, 0.6) is 0 Å². The van der Waals surface area contributed by atoms with E-state index >= 15 is 0 Å². The number of halogens is 1. The van der Waals surface area contributed by atoms with Crippen LogP contribution in [0.2, 0.25) is 5.02 Å². The number of hydrogen-bond acceptors (Lipinski definition) is 3. The Morgan fingerprint density at radius 1 is 1.29 bits per heavy atom. The number of benzene rings is 1. The van der Waals surface area contributed by atoms with Gasteiger partial charge in [-0.3, -0.25) is 4.79 Å². The predicted molar refractivity (Wildman–Crippen MR) is 94.8 cm³/mol. The number of rotatable bonds is 3. The quantitative estimate of drug-likeness (QED) is 0.902. The minimum absolute atomic E-state index is 0.0504. The second kappa shape index (κ2) is 6.38. The molecule has 130 valence electrons. The van der Waals surface area contributed by atoms with Crippen LogP contribution >= 0.6 is 11.6 Å². The van der Waals surface area contributed by atoms with Crippen molar-refractivity contribution in [2.24, 2.45) is 0 Å². The van der Waals surface area contributed by atoms with E-state index in [1.54, 1.807) is 24.1 Å². The molecule has 1 aliphatic rings. The Kier molecular flexibility index (Phi) is 4.59. The Morgan fingerprint density at radius 3 is 2.58 bits per heavy atom. The van der Waals surface area contributed by atoms with Crippen molar-refractivity contribution in [1.29, 1.82) is 0 Å². The van der Waals surface area contributed by atoms with E-state index in [0.29, 0.717) is 36.6 Å². The number of sulfonamides is 1. The number of hydrogen-bond donors (Lipinski definition) is 1. The van der Waals surface area contributed by atoms with E-state index < -0.39 is 10.0 Å². The van der Waals surface area contributed by atoms with Crippen LogP contribution in [0, 0.1) is 0 Å². The highest BCUT2D eigenvalue weighted by Gasteiger charge is 2.29. The normalized spacial score (nSPS) is 16.9. The molecule has 1 aromatic carbocycles. The molecule has 0 aliphatic carbocycles. The first-order valence-electron chi connectivity index (χ1n) is 7.76. The van der Waals surface area contributed by atoms with Crippen molar-refractivity contribution in [2.75, 3.05) is 26.4 Å². The Bertz CT molecular complexity index is 870. The summed E-state index contributed by atoms with van der Waals surface area (Å²) in [5, 5.41) is 1.56. The first-order chi connectivity index (χ1) is 11.3. The largest absolute Gasteiger partial charge is 0.350 e. The molecule has 2 heterocycles. The molecule has 24 heavy (non-hydrogen) atoms. The number of nitrogens with zero attached hydrogens (tertiary/aromatic N) is 2. The lowest BCUT2D eigenvalue weighted by molar-refractivity contribution is 0.0681. The predicted octanol–water partition coefficient (Wildman–Crippen LogP) is 2.32. The molecule has 1 saturated heterocycles. The average molecular weight is 370 g/mol. The van der Waals surface area contributed by atoms with Crippen LogP contribution in [-0.2, 0) is 10.0 Å². The standard InChI is InChI=1S/C16H20ClN3O3S/c1-19(24(2,22)23)13-5-7-20(8-6-13)16(21)15-9-11-3-4-12(17)10-14(11)18-15/h3-4,9-10,13,18H,5-8H2,1-2H3. The molecule has 8 heteroatoms. The fourth-order valence-corrected chi connectivity index (χ4v) is 4.01. The van der Waals surface area contributed by atoms with Crippen LogP contribution in [0.4, 0.5) is 0 Å². The van der Waals surface area contributed by atoms with Gasteiger partial charge in [-0.2, -0.15) is 0 Å². The van der Waals surface area contributed by atoms with Gasteiger partial charge in [0.2, 0.25) is 10.0 Å². The second-order valence-electron chi connectivity index (χ2n) is 6.22. The maximum Gasteiger partial charge on any atom is 0.270 e. The summed E-state index contributed by atoms with van der Waals surface area (Å²) in [6.45, 7) is 1.08. The molecule has 1 amide bonds. The van der Waals surface area contributed by atoms with Gasteiger partial charge in [-0.25, -0.2) is 12.7 Å². The minimum atomic E-state index is -3.20. The third kappa shape index (κ3) is 3.43. The molecule has 0 saturated carbocycles. The molecule has 0 bridgehead atoms. The van der Waals surface area contributed by atoms with Gasteiger partial charge in [0, 0.05) is 42.1 Å². The van der Waals surface area contributed by atoms with Crippen molar-refractivity contribution in [2.45, 2.75) is 18.9 Å². The average Bonchev–Trinajstić information content (AvgIpc) is 2.95.